The number of carbonyl (C=O) groups is 1. The fourth-order valence-corrected chi connectivity index (χ4v) is 3.31. The lowest BCUT2D eigenvalue weighted by molar-refractivity contribution is -0.137. The predicted octanol–water partition coefficient (Wildman–Crippen LogP) is 5.08. The molecule has 174 valence electrons. The summed E-state index contributed by atoms with van der Waals surface area (Å²) in [7, 11) is 1.64. The number of ether oxygens (including phenoxy) is 3. The zero-order chi connectivity index (χ0) is 23.6. The van der Waals surface area contributed by atoms with Crippen LogP contribution in [-0.2, 0) is 4.79 Å². The largest absolute Gasteiger partial charge is 0.497 e. The molecule has 6 nitrogen and oxygen atoms in total. The number of carboxylic acids is 1. The van der Waals surface area contributed by atoms with E-state index in [1.165, 1.54) is 12.1 Å². The highest BCUT2D eigenvalue weighted by atomic mass is 19.1. The van der Waals surface area contributed by atoms with Crippen LogP contribution in [0, 0.1) is 5.82 Å². The molecule has 0 amide bonds. The number of hydrogen-bond acceptors (Lipinski definition) is 5. The van der Waals surface area contributed by atoms with E-state index >= 15 is 0 Å². The van der Waals surface area contributed by atoms with Crippen LogP contribution in [0.4, 0.5) is 4.39 Å². The summed E-state index contributed by atoms with van der Waals surface area (Å²) in [5, 5.41) is 12.1. The Labute approximate surface area is 192 Å². The Balaban J connectivity index is 1.57. The van der Waals surface area contributed by atoms with Crippen molar-refractivity contribution in [1.29, 1.82) is 0 Å². The molecule has 0 aliphatic rings. The van der Waals surface area contributed by atoms with Crippen LogP contribution in [0.3, 0.4) is 0 Å². The lowest BCUT2D eigenvalue weighted by atomic mass is 10.0. The van der Waals surface area contributed by atoms with E-state index in [2.05, 4.69) is 12.2 Å². The van der Waals surface area contributed by atoms with E-state index in [1.807, 2.05) is 30.3 Å². The van der Waals surface area contributed by atoms with Gasteiger partial charge in [0, 0.05) is 18.7 Å². The molecule has 7 heteroatoms. The van der Waals surface area contributed by atoms with Crippen LogP contribution in [0.5, 0.6) is 17.2 Å². The quantitative estimate of drug-likeness (QED) is 0.372. The third-order valence-corrected chi connectivity index (χ3v) is 5.04. The van der Waals surface area contributed by atoms with Gasteiger partial charge in [0.2, 0.25) is 0 Å². The smallest absolute Gasteiger partial charge is 0.306 e. The van der Waals surface area contributed by atoms with Crippen molar-refractivity contribution in [3.63, 3.8) is 0 Å². The third-order valence-electron chi connectivity index (χ3n) is 5.04. The number of benzene rings is 3. The molecule has 0 heterocycles. The van der Waals surface area contributed by atoms with Crippen molar-refractivity contribution >= 4 is 5.97 Å². The molecule has 0 aliphatic carbocycles. The molecule has 0 bridgehead atoms. The molecule has 0 fully saturated rings. The first-order valence-corrected chi connectivity index (χ1v) is 10.7. The summed E-state index contributed by atoms with van der Waals surface area (Å²) in [6.45, 7) is 3.07. The highest BCUT2D eigenvalue weighted by Gasteiger charge is 2.08. The van der Waals surface area contributed by atoms with Crippen LogP contribution in [-0.4, -0.2) is 37.9 Å². The predicted molar refractivity (Wildman–Crippen MR) is 124 cm³/mol. The number of halogens is 1. The van der Waals surface area contributed by atoms with Crippen molar-refractivity contribution < 1.29 is 28.5 Å². The Hall–Kier alpha value is -3.58. The van der Waals surface area contributed by atoms with Crippen LogP contribution in [0.1, 0.15) is 24.9 Å². The van der Waals surface area contributed by atoms with E-state index in [-0.39, 0.29) is 19.1 Å². The topological polar surface area (TPSA) is 77.0 Å². The minimum absolute atomic E-state index is 0.0669. The van der Waals surface area contributed by atoms with Crippen molar-refractivity contribution in [2.24, 2.45) is 0 Å². The van der Waals surface area contributed by atoms with Gasteiger partial charge < -0.3 is 24.6 Å². The minimum Gasteiger partial charge on any atom is -0.497 e. The molecule has 3 aromatic rings. The Morgan fingerprint density at radius 2 is 1.67 bits per heavy atom. The molecule has 2 N–H and O–H groups in total. The SMILES string of the molecule is COc1cccc(C(C)NCCOc2cc(F)cc(-c3cccc(OCCC(=O)O)c3)c2)c1. The molecule has 0 radical (unpaired) electrons. The standard InChI is InChI=1S/C26H28FNO5/c1-18(19-5-3-7-23(14-19)31-2)28-10-12-33-25-16-21(13-22(27)17-25)20-6-4-8-24(15-20)32-11-9-26(29)30/h3-8,13-18,28H,9-12H2,1-2H3,(H,29,30). The van der Waals surface area contributed by atoms with Crippen LogP contribution in [0.25, 0.3) is 11.1 Å². The second kappa shape index (κ2) is 11.9. The lowest BCUT2D eigenvalue weighted by Gasteiger charge is -2.16. The fraction of sp³-hybridized carbons (Fsp3) is 0.269. The maximum absolute atomic E-state index is 14.2. The van der Waals surface area contributed by atoms with E-state index in [1.54, 1.807) is 31.4 Å². The molecule has 1 atom stereocenters. The maximum atomic E-state index is 14.2. The molecule has 0 spiro atoms. The molecule has 0 aromatic heterocycles. The highest BCUT2D eigenvalue weighted by molar-refractivity contribution is 5.67. The molecular formula is C26H28FNO5. The summed E-state index contributed by atoms with van der Waals surface area (Å²) < 4.78 is 30.7. The second-order valence-electron chi connectivity index (χ2n) is 7.50. The molecule has 0 saturated heterocycles. The average molecular weight is 454 g/mol. The molecule has 3 rings (SSSR count). The minimum atomic E-state index is -0.926. The van der Waals surface area contributed by atoms with Crippen LogP contribution in [0.15, 0.2) is 66.7 Å². The van der Waals surface area contributed by atoms with Gasteiger partial charge in [-0.25, -0.2) is 4.39 Å². The van der Waals surface area contributed by atoms with Gasteiger partial charge in [0.05, 0.1) is 20.1 Å². The van der Waals surface area contributed by atoms with Gasteiger partial charge in [-0.1, -0.05) is 24.3 Å². The average Bonchev–Trinajstić information content (AvgIpc) is 2.81. The summed E-state index contributed by atoms with van der Waals surface area (Å²) in [4.78, 5) is 10.7. The van der Waals surface area contributed by atoms with E-state index in [9.17, 15) is 9.18 Å². The molecule has 1 unspecified atom stereocenters. The number of methoxy groups -OCH3 is 1. The van der Waals surface area contributed by atoms with Gasteiger partial charge >= 0.3 is 5.97 Å². The van der Waals surface area contributed by atoms with Crippen molar-refractivity contribution in [3.05, 3.63) is 78.1 Å². The van der Waals surface area contributed by atoms with Crippen molar-refractivity contribution in [3.8, 4) is 28.4 Å². The number of rotatable bonds is 12. The Kier molecular flexibility index (Phi) is 8.66. The maximum Gasteiger partial charge on any atom is 0.306 e. The van der Waals surface area contributed by atoms with E-state index in [4.69, 9.17) is 19.3 Å². The zero-order valence-corrected chi connectivity index (χ0v) is 18.7. The summed E-state index contributed by atoms with van der Waals surface area (Å²) in [6, 6.07) is 19.6. The zero-order valence-electron chi connectivity index (χ0n) is 18.7. The Bertz CT molecular complexity index is 1070. The lowest BCUT2D eigenvalue weighted by Crippen LogP contribution is -2.24. The first-order chi connectivity index (χ1) is 15.9. The van der Waals surface area contributed by atoms with Crippen LogP contribution < -0.4 is 19.5 Å². The van der Waals surface area contributed by atoms with Gasteiger partial charge in [-0.15, -0.1) is 0 Å². The van der Waals surface area contributed by atoms with Gasteiger partial charge in [0.1, 0.15) is 29.7 Å². The van der Waals surface area contributed by atoms with Gasteiger partial charge in [0.15, 0.2) is 0 Å². The Morgan fingerprint density at radius 3 is 2.45 bits per heavy atom. The van der Waals surface area contributed by atoms with Crippen LogP contribution in [0.2, 0.25) is 0 Å². The van der Waals surface area contributed by atoms with Crippen molar-refractivity contribution in [2.45, 2.75) is 19.4 Å². The number of hydrogen-bond donors (Lipinski definition) is 2. The first-order valence-electron chi connectivity index (χ1n) is 10.7. The summed E-state index contributed by atoms with van der Waals surface area (Å²) in [6.07, 6.45) is -0.0906. The van der Waals surface area contributed by atoms with E-state index in [0.717, 1.165) is 16.9 Å². The highest BCUT2D eigenvalue weighted by Crippen LogP contribution is 2.28. The first kappa shape index (κ1) is 24.1. The molecule has 3 aromatic carbocycles. The second-order valence-corrected chi connectivity index (χ2v) is 7.50. The van der Waals surface area contributed by atoms with E-state index in [0.29, 0.717) is 30.2 Å². The fourth-order valence-electron chi connectivity index (χ4n) is 3.31. The summed E-state index contributed by atoms with van der Waals surface area (Å²) in [5.74, 6) is 0.429. The van der Waals surface area contributed by atoms with Gasteiger partial charge in [-0.05, 0) is 60.0 Å². The molecule has 33 heavy (non-hydrogen) atoms. The normalized spacial score (nSPS) is 11.6. The summed E-state index contributed by atoms with van der Waals surface area (Å²) >= 11 is 0. The monoisotopic (exact) mass is 453 g/mol. The molecule has 0 saturated carbocycles. The van der Waals surface area contributed by atoms with Gasteiger partial charge in [0.25, 0.3) is 0 Å². The summed E-state index contributed by atoms with van der Waals surface area (Å²) in [5.41, 5.74) is 2.50. The number of carboxylic acid groups (broad SMARTS) is 1. The molecule has 0 aliphatic heterocycles. The van der Waals surface area contributed by atoms with Crippen molar-refractivity contribution in [2.75, 3.05) is 26.9 Å². The number of nitrogens with one attached hydrogen (secondary N) is 1. The van der Waals surface area contributed by atoms with Gasteiger partial charge in [-0.2, -0.15) is 0 Å². The van der Waals surface area contributed by atoms with Crippen molar-refractivity contribution in [1.82, 2.24) is 5.32 Å². The molecular weight excluding hydrogens is 425 g/mol. The van der Waals surface area contributed by atoms with Gasteiger partial charge in [-0.3, -0.25) is 4.79 Å². The van der Waals surface area contributed by atoms with E-state index < -0.39 is 11.8 Å². The third kappa shape index (κ3) is 7.50. The Morgan fingerprint density at radius 1 is 0.939 bits per heavy atom. The number of aliphatic carboxylic acids is 1. The van der Waals surface area contributed by atoms with Crippen LogP contribution >= 0.6 is 0 Å².